The number of carbonyl (C=O) groups is 1. The predicted molar refractivity (Wildman–Crippen MR) is 76.6 cm³/mol. The fourth-order valence-corrected chi connectivity index (χ4v) is 2.18. The van der Waals surface area contributed by atoms with Crippen molar-refractivity contribution in [3.8, 4) is 0 Å². The Kier molecular flexibility index (Phi) is 5.33. The third-order valence-corrected chi connectivity index (χ3v) is 3.16. The van der Waals surface area contributed by atoms with E-state index in [0.29, 0.717) is 19.8 Å². The highest BCUT2D eigenvalue weighted by Gasteiger charge is 2.41. The Morgan fingerprint density at radius 2 is 2.10 bits per heavy atom. The predicted octanol–water partition coefficient (Wildman–Crippen LogP) is 2.29. The number of hydrogen-bond donors (Lipinski definition) is 0. The molecule has 0 aliphatic carbocycles. The molecule has 5 heteroatoms. The summed E-state index contributed by atoms with van der Waals surface area (Å²) in [6.45, 7) is 6.33. The van der Waals surface area contributed by atoms with Crippen LogP contribution in [-0.2, 0) is 30.3 Å². The van der Waals surface area contributed by atoms with Gasteiger partial charge in [0, 0.05) is 0 Å². The van der Waals surface area contributed by atoms with E-state index in [0.717, 1.165) is 5.56 Å². The number of carbonyl (C=O) groups excluding carboxylic acids is 1. The molecular weight excluding hydrogens is 272 g/mol. The van der Waals surface area contributed by atoms with Crippen LogP contribution in [0.2, 0.25) is 0 Å². The van der Waals surface area contributed by atoms with Crippen LogP contribution in [0.15, 0.2) is 30.3 Å². The number of rotatable bonds is 6. The topological polar surface area (TPSA) is 54.0 Å². The minimum absolute atomic E-state index is 0.307. The van der Waals surface area contributed by atoms with Crippen molar-refractivity contribution in [1.29, 1.82) is 0 Å². The normalized spacial score (nSPS) is 22.0. The molecule has 0 bridgehead atoms. The first-order chi connectivity index (χ1) is 10.0. The molecule has 0 saturated carbocycles. The smallest absolute Gasteiger partial charge is 0.338 e. The van der Waals surface area contributed by atoms with E-state index in [2.05, 4.69) is 0 Å². The van der Waals surface area contributed by atoms with Crippen molar-refractivity contribution in [3.05, 3.63) is 35.9 Å². The van der Waals surface area contributed by atoms with E-state index in [1.54, 1.807) is 6.92 Å². The molecule has 0 N–H and O–H groups in total. The summed E-state index contributed by atoms with van der Waals surface area (Å²) in [4.78, 5) is 12.1. The molecule has 0 unspecified atom stereocenters. The number of benzene rings is 1. The van der Waals surface area contributed by atoms with Crippen molar-refractivity contribution in [3.63, 3.8) is 0 Å². The summed E-state index contributed by atoms with van der Waals surface area (Å²) in [5.74, 6) is -1.12. The summed E-state index contributed by atoms with van der Waals surface area (Å²) in [6, 6.07) is 9.67. The van der Waals surface area contributed by atoms with Gasteiger partial charge < -0.3 is 18.9 Å². The van der Waals surface area contributed by atoms with Gasteiger partial charge in [0.1, 0.15) is 6.10 Å². The average Bonchev–Trinajstić information content (AvgIpc) is 2.81. The Balaban J connectivity index is 2.01. The lowest BCUT2D eigenvalue weighted by atomic mass is 10.2. The maximum absolute atomic E-state index is 12.1. The highest BCUT2D eigenvalue weighted by molar-refractivity contribution is 5.75. The van der Waals surface area contributed by atoms with Crippen LogP contribution in [0.3, 0.4) is 0 Å². The highest BCUT2D eigenvalue weighted by atomic mass is 16.8. The molecule has 1 aliphatic heterocycles. The summed E-state index contributed by atoms with van der Waals surface area (Å²) in [5, 5.41) is 0. The van der Waals surface area contributed by atoms with Crippen LogP contribution in [0.5, 0.6) is 0 Å². The van der Waals surface area contributed by atoms with E-state index in [9.17, 15) is 4.79 Å². The van der Waals surface area contributed by atoms with E-state index in [-0.39, 0.29) is 0 Å². The SMILES string of the molecule is CCOC(=O)[C@H](OCc1ccccc1)[C@@H]1COC(C)(C)O1. The number of ether oxygens (including phenoxy) is 4. The highest BCUT2D eigenvalue weighted by Crippen LogP contribution is 2.26. The van der Waals surface area contributed by atoms with E-state index in [1.807, 2.05) is 44.2 Å². The molecular formula is C16H22O5. The Morgan fingerprint density at radius 1 is 1.38 bits per heavy atom. The van der Waals surface area contributed by atoms with Crippen LogP contribution in [0.4, 0.5) is 0 Å². The van der Waals surface area contributed by atoms with Crippen molar-refractivity contribution in [2.45, 2.75) is 45.4 Å². The molecule has 1 fully saturated rings. The van der Waals surface area contributed by atoms with Crippen molar-refractivity contribution in [2.75, 3.05) is 13.2 Å². The van der Waals surface area contributed by atoms with Gasteiger partial charge in [0.15, 0.2) is 11.9 Å². The van der Waals surface area contributed by atoms with E-state index in [4.69, 9.17) is 18.9 Å². The van der Waals surface area contributed by atoms with E-state index in [1.165, 1.54) is 0 Å². The van der Waals surface area contributed by atoms with Crippen molar-refractivity contribution < 1.29 is 23.7 Å². The number of esters is 1. The molecule has 0 spiro atoms. The molecule has 1 heterocycles. The maximum atomic E-state index is 12.1. The molecule has 1 aliphatic rings. The summed E-state index contributed by atoms with van der Waals surface area (Å²) in [6.07, 6.45) is -1.24. The molecule has 21 heavy (non-hydrogen) atoms. The molecule has 2 atom stereocenters. The van der Waals surface area contributed by atoms with Gasteiger partial charge in [0.05, 0.1) is 19.8 Å². The van der Waals surface area contributed by atoms with Crippen molar-refractivity contribution in [1.82, 2.24) is 0 Å². The molecule has 0 radical (unpaired) electrons. The second-order valence-corrected chi connectivity index (χ2v) is 5.34. The second-order valence-electron chi connectivity index (χ2n) is 5.34. The zero-order chi connectivity index (χ0) is 15.3. The molecule has 2 rings (SSSR count). The molecule has 1 aromatic rings. The monoisotopic (exact) mass is 294 g/mol. The molecule has 116 valence electrons. The minimum atomic E-state index is -0.785. The Hall–Kier alpha value is -1.43. The van der Waals surface area contributed by atoms with Gasteiger partial charge in [-0.3, -0.25) is 0 Å². The van der Waals surface area contributed by atoms with Crippen LogP contribution in [0.25, 0.3) is 0 Å². The van der Waals surface area contributed by atoms with Gasteiger partial charge in [-0.15, -0.1) is 0 Å². The van der Waals surface area contributed by atoms with Gasteiger partial charge >= 0.3 is 5.97 Å². The van der Waals surface area contributed by atoms with Gasteiger partial charge in [0.25, 0.3) is 0 Å². The molecule has 5 nitrogen and oxygen atoms in total. The van der Waals surface area contributed by atoms with Gasteiger partial charge in [-0.05, 0) is 26.3 Å². The summed E-state index contributed by atoms with van der Waals surface area (Å²) in [5.41, 5.74) is 0.991. The largest absolute Gasteiger partial charge is 0.464 e. The van der Waals surface area contributed by atoms with Gasteiger partial charge in [-0.2, -0.15) is 0 Å². The first-order valence-electron chi connectivity index (χ1n) is 7.16. The molecule has 1 aromatic carbocycles. The van der Waals surface area contributed by atoms with Crippen LogP contribution in [0.1, 0.15) is 26.3 Å². The van der Waals surface area contributed by atoms with Crippen molar-refractivity contribution in [2.24, 2.45) is 0 Å². The zero-order valence-electron chi connectivity index (χ0n) is 12.7. The van der Waals surface area contributed by atoms with Gasteiger partial charge in [-0.1, -0.05) is 30.3 Å². The lowest BCUT2D eigenvalue weighted by Gasteiger charge is -2.23. The summed E-state index contributed by atoms with van der Waals surface area (Å²) >= 11 is 0. The van der Waals surface area contributed by atoms with Crippen molar-refractivity contribution >= 4 is 5.97 Å². The standard InChI is InChI=1S/C16H22O5/c1-4-18-15(17)14(13-11-20-16(2,3)21-13)19-10-12-8-6-5-7-9-12/h5-9,13-14H,4,10-11H2,1-3H3/t13-,14+/m0/s1. The first kappa shape index (κ1) is 15.9. The first-order valence-corrected chi connectivity index (χ1v) is 7.16. The lowest BCUT2D eigenvalue weighted by Crippen LogP contribution is -2.40. The molecule has 0 amide bonds. The Morgan fingerprint density at radius 3 is 2.67 bits per heavy atom. The molecule has 1 saturated heterocycles. The van der Waals surface area contributed by atoms with Crippen LogP contribution < -0.4 is 0 Å². The quantitative estimate of drug-likeness (QED) is 0.753. The second kappa shape index (κ2) is 7.02. The van der Waals surface area contributed by atoms with E-state index < -0.39 is 24.0 Å². The summed E-state index contributed by atoms with van der Waals surface area (Å²) in [7, 11) is 0. The van der Waals surface area contributed by atoms with Crippen LogP contribution in [-0.4, -0.2) is 37.2 Å². The third kappa shape index (κ3) is 4.52. The zero-order valence-corrected chi connectivity index (χ0v) is 12.7. The summed E-state index contributed by atoms with van der Waals surface area (Å²) < 4.78 is 22.0. The fraction of sp³-hybridized carbons (Fsp3) is 0.562. The Bertz CT molecular complexity index is 457. The minimum Gasteiger partial charge on any atom is -0.464 e. The third-order valence-electron chi connectivity index (χ3n) is 3.16. The average molecular weight is 294 g/mol. The van der Waals surface area contributed by atoms with Crippen LogP contribution in [0, 0.1) is 0 Å². The van der Waals surface area contributed by atoms with Crippen LogP contribution >= 0.6 is 0 Å². The Labute approximate surface area is 125 Å². The van der Waals surface area contributed by atoms with Gasteiger partial charge in [0.2, 0.25) is 0 Å². The lowest BCUT2D eigenvalue weighted by molar-refractivity contribution is -0.180. The van der Waals surface area contributed by atoms with E-state index >= 15 is 0 Å². The maximum Gasteiger partial charge on any atom is 0.338 e. The van der Waals surface area contributed by atoms with Gasteiger partial charge in [-0.25, -0.2) is 4.79 Å². The molecule has 0 aromatic heterocycles. The fourth-order valence-electron chi connectivity index (χ4n) is 2.18. The number of hydrogen-bond acceptors (Lipinski definition) is 5.